The van der Waals surface area contributed by atoms with E-state index in [1.54, 1.807) is 6.07 Å². The number of aromatic amines is 1. The summed E-state index contributed by atoms with van der Waals surface area (Å²) in [5.41, 5.74) is 2.71. The molecule has 1 atom stereocenters. The summed E-state index contributed by atoms with van der Waals surface area (Å²) < 4.78 is 7.51. The lowest BCUT2D eigenvalue weighted by atomic mass is 10.0. The van der Waals surface area contributed by atoms with Crippen LogP contribution in [-0.2, 0) is 18.3 Å². The molecule has 1 fully saturated rings. The van der Waals surface area contributed by atoms with Gasteiger partial charge >= 0.3 is 0 Å². The van der Waals surface area contributed by atoms with E-state index in [9.17, 15) is 4.79 Å². The van der Waals surface area contributed by atoms with E-state index < -0.39 is 0 Å². The summed E-state index contributed by atoms with van der Waals surface area (Å²) in [6, 6.07) is 9.64. The molecule has 1 saturated heterocycles. The number of H-pyrrole nitrogens is 1. The van der Waals surface area contributed by atoms with E-state index in [2.05, 4.69) is 39.7 Å². The second-order valence-electron chi connectivity index (χ2n) is 7.77. The first-order valence-corrected chi connectivity index (χ1v) is 10.1. The zero-order valence-corrected chi connectivity index (χ0v) is 17.2. The van der Waals surface area contributed by atoms with Crippen LogP contribution in [0.15, 0.2) is 35.1 Å². The van der Waals surface area contributed by atoms with Crippen LogP contribution >= 0.6 is 0 Å². The molecule has 154 valence electrons. The first-order chi connectivity index (χ1) is 14.0. The molecule has 0 radical (unpaired) electrons. The molecule has 0 aliphatic carbocycles. The molecule has 3 heterocycles. The summed E-state index contributed by atoms with van der Waals surface area (Å²) >= 11 is 0. The maximum atomic E-state index is 12.3. The number of hydrogen-bond donors (Lipinski definition) is 2. The average Bonchev–Trinajstić information content (AvgIpc) is 3.04. The van der Waals surface area contributed by atoms with Crippen molar-refractivity contribution in [3.8, 4) is 0 Å². The number of aryl methyl sites for hydroxylation is 1. The number of benzene rings is 1. The number of imidazole rings is 1. The van der Waals surface area contributed by atoms with Crippen molar-refractivity contribution in [3.05, 3.63) is 52.2 Å². The molecule has 8 nitrogen and oxygen atoms in total. The van der Waals surface area contributed by atoms with Crippen LogP contribution in [0.1, 0.15) is 31.4 Å². The topological polar surface area (TPSA) is 88.1 Å². The molecule has 2 N–H and O–H groups in total. The Balaban J connectivity index is 1.58. The van der Waals surface area contributed by atoms with Crippen LogP contribution in [0.2, 0.25) is 0 Å². The summed E-state index contributed by atoms with van der Waals surface area (Å²) in [7, 11) is 2.03. The van der Waals surface area contributed by atoms with Crippen LogP contribution in [-0.4, -0.2) is 45.8 Å². The molecule has 1 aliphatic heterocycles. The van der Waals surface area contributed by atoms with Gasteiger partial charge in [0, 0.05) is 26.2 Å². The van der Waals surface area contributed by atoms with Crippen LogP contribution in [0.5, 0.6) is 0 Å². The lowest BCUT2D eigenvalue weighted by Gasteiger charge is -2.28. The molecule has 3 aromatic rings. The first-order valence-electron chi connectivity index (χ1n) is 10.1. The molecule has 0 amide bonds. The van der Waals surface area contributed by atoms with Gasteiger partial charge in [-0.05, 0) is 18.1 Å². The highest BCUT2D eigenvalue weighted by Gasteiger charge is 2.21. The summed E-state index contributed by atoms with van der Waals surface area (Å²) in [4.78, 5) is 26.8. The highest BCUT2D eigenvalue weighted by molar-refractivity contribution is 5.75. The van der Waals surface area contributed by atoms with Crippen molar-refractivity contribution in [2.75, 3.05) is 31.2 Å². The van der Waals surface area contributed by atoms with Gasteiger partial charge in [-0.15, -0.1) is 0 Å². The van der Waals surface area contributed by atoms with E-state index in [1.807, 2.05) is 25.2 Å². The Morgan fingerprint density at radius 2 is 1.97 bits per heavy atom. The lowest BCUT2D eigenvalue weighted by molar-refractivity contribution is 0.122. The molecule has 0 saturated carbocycles. The van der Waals surface area contributed by atoms with Gasteiger partial charge in [0.15, 0.2) is 0 Å². The van der Waals surface area contributed by atoms with Crippen LogP contribution < -0.4 is 15.8 Å². The van der Waals surface area contributed by atoms with Gasteiger partial charge < -0.3 is 19.5 Å². The molecule has 0 spiro atoms. The Hall–Kier alpha value is -2.71. The minimum Gasteiger partial charge on any atom is -0.378 e. The zero-order valence-electron chi connectivity index (χ0n) is 17.2. The summed E-state index contributed by atoms with van der Waals surface area (Å²) in [6.45, 7) is 7.60. The van der Waals surface area contributed by atoms with Crippen LogP contribution in [0, 0.1) is 5.92 Å². The molecular weight excluding hydrogens is 368 g/mol. The van der Waals surface area contributed by atoms with Gasteiger partial charge in [-0.2, -0.15) is 0 Å². The Bertz CT molecular complexity index is 1040. The van der Waals surface area contributed by atoms with E-state index in [1.165, 1.54) is 0 Å². The Morgan fingerprint density at radius 1 is 1.21 bits per heavy atom. The minimum atomic E-state index is -0.133. The molecule has 29 heavy (non-hydrogen) atoms. The monoisotopic (exact) mass is 396 g/mol. The number of hydrogen-bond acceptors (Lipinski definition) is 6. The third kappa shape index (κ3) is 4.18. The second-order valence-corrected chi connectivity index (χ2v) is 7.77. The number of rotatable bonds is 6. The van der Waals surface area contributed by atoms with Crippen LogP contribution in [0.25, 0.3) is 11.0 Å². The first kappa shape index (κ1) is 19.6. The molecule has 4 rings (SSSR count). The predicted molar refractivity (Wildman–Crippen MR) is 113 cm³/mol. The molecule has 8 heteroatoms. The molecule has 0 unspecified atom stereocenters. The molecular formula is C21H28N6O2. The predicted octanol–water partition coefficient (Wildman–Crippen LogP) is 1.98. The number of anilines is 1. The summed E-state index contributed by atoms with van der Waals surface area (Å²) in [5.74, 6) is 1.83. The van der Waals surface area contributed by atoms with Crippen molar-refractivity contribution in [1.82, 2.24) is 24.8 Å². The zero-order chi connectivity index (χ0) is 20.4. The Kier molecular flexibility index (Phi) is 5.64. The molecule has 0 bridgehead atoms. The average molecular weight is 396 g/mol. The maximum absolute atomic E-state index is 12.3. The fourth-order valence-electron chi connectivity index (χ4n) is 3.78. The number of para-hydroxylation sites is 2. The smallest absolute Gasteiger partial charge is 0.252 e. The van der Waals surface area contributed by atoms with Crippen molar-refractivity contribution in [3.63, 3.8) is 0 Å². The second kappa shape index (κ2) is 8.34. The third-order valence-corrected chi connectivity index (χ3v) is 5.40. The summed E-state index contributed by atoms with van der Waals surface area (Å²) in [6.07, 6.45) is 0. The summed E-state index contributed by atoms with van der Waals surface area (Å²) in [5, 5.41) is 3.57. The third-order valence-electron chi connectivity index (χ3n) is 5.40. The number of aromatic nitrogens is 4. The van der Waals surface area contributed by atoms with Crippen molar-refractivity contribution in [2.45, 2.75) is 26.4 Å². The van der Waals surface area contributed by atoms with Gasteiger partial charge in [0.25, 0.3) is 5.56 Å². The van der Waals surface area contributed by atoms with Gasteiger partial charge in [0.05, 0.1) is 42.5 Å². The van der Waals surface area contributed by atoms with Crippen molar-refractivity contribution in [1.29, 1.82) is 0 Å². The molecule has 1 aliphatic rings. The van der Waals surface area contributed by atoms with Crippen LogP contribution in [0.3, 0.4) is 0 Å². The number of nitrogens with zero attached hydrogens (tertiary/aromatic N) is 4. The largest absolute Gasteiger partial charge is 0.378 e. The van der Waals surface area contributed by atoms with Crippen molar-refractivity contribution >= 4 is 17.0 Å². The van der Waals surface area contributed by atoms with E-state index >= 15 is 0 Å². The lowest BCUT2D eigenvalue weighted by Crippen LogP contribution is -2.39. The molecule has 2 aromatic heterocycles. The fourth-order valence-corrected chi connectivity index (χ4v) is 3.78. The fraction of sp³-hybridized carbons (Fsp3) is 0.476. The van der Waals surface area contributed by atoms with Crippen molar-refractivity contribution in [2.24, 2.45) is 13.0 Å². The standard InChI is InChI=1S/C21H28N6O2/c1-14(2)20(22-13-18-23-15-6-4-5-7-17(15)26(18)3)16-12-19(28)25-21(24-16)27-8-10-29-11-9-27/h4-7,12,14,20,22H,8-11,13H2,1-3H3,(H,24,25,28)/t20-/m0/s1. The number of nitrogens with one attached hydrogen (secondary N) is 2. The normalized spacial score (nSPS) is 15.9. The number of fused-ring (bicyclic) bond motifs is 1. The SMILES string of the molecule is CC(C)[C@H](NCc1nc2ccccc2n1C)c1cc(=O)[nH]c(N2CCOCC2)n1. The van der Waals surface area contributed by atoms with Gasteiger partial charge in [-0.3, -0.25) is 9.78 Å². The molecule has 1 aromatic carbocycles. The number of ether oxygens (including phenoxy) is 1. The highest BCUT2D eigenvalue weighted by atomic mass is 16.5. The number of morpholine rings is 1. The van der Waals surface area contributed by atoms with Gasteiger partial charge in [-0.25, -0.2) is 9.97 Å². The minimum absolute atomic E-state index is 0.0584. The van der Waals surface area contributed by atoms with Gasteiger partial charge in [0.1, 0.15) is 5.82 Å². The van der Waals surface area contributed by atoms with E-state index in [4.69, 9.17) is 14.7 Å². The maximum Gasteiger partial charge on any atom is 0.252 e. The van der Waals surface area contributed by atoms with Gasteiger partial charge in [0.2, 0.25) is 5.95 Å². The van der Waals surface area contributed by atoms with E-state index in [-0.39, 0.29) is 17.5 Å². The Labute approximate surface area is 169 Å². The van der Waals surface area contributed by atoms with Gasteiger partial charge in [-0.1, -0.05) is 26.0 Å². The van der Waals surface area contributed by atoms with E-state index in [0.717, 1.165) is 35.6 Å². The van der Waals surface area contributed by atoms with Crippen molar-refractivity contribution < 1.29 is 4.74 Å². The Morgan fingerprint density at radius 3 is 2.69 bits per heavy atom. The quantitative estimate of drug-likeness (QED) is 0.662. The van der Waals surface area contributed by atoms with E-state index in [0.29, 0.717) is 25.7 Å². The van der Waals surface area contributed by atoms with Crippen LogP contribution in [0.4, 0.5) is 5.95 Å². The highest BCUT2D eigenvalue weighted by Crippen LogP contribution is 2.22.